The molecule has 0 N–H and O–H groups in total. The molecule has 1 unspecified atom stereocenters. The second-order valence-electron chi connectivity index (χ2n) is 1.31. The summed E-state index contributed by atoms with van der Waals surface area (Å²) in [6, 6.07) is 0. The Balaban J connectivity index is 3.14. The second-order valence-corrected chi connectivity index (χ2v) is 1.31. The van der Waals surface area contributed by atoms with E-state index in [4.69, 9.17) is 0 Å². The van der Waals surface area contributed by atoms with Crippen LogP contribution in [0.4, 0.5) is 0 Å². The maximum Gasteiger partial charge on any atom is 0.293 e. The Morgan fingerprint density at radius 2 is 2.00 bits per heavy atom. The second kappa shape index (κ2) is 5.08. The molecule has 9 heavy (non-hydrogen) atoms. The zero-order chi connectivity index (χ0) is 7.11. The molecule has 1 atom stereocenters. The van der Waals surface area contributed by atoms with Gasteiger partial charge in [-0.25, -0.2) is 0 Å². The predicted molar refractivity (Wildman–Crippen MR) is 28.1 cm³/mol. The fraction of sp³-hybridized carbons (Fsp3) is 0.400. The first kappa shape index (κ1) is 7.94. The zero-order valence-electron chi connectivity index (χ0n) is 4.94. The molecule has 0 fully saturated rings. The first-order chi connectivity index (χ1) is 4.31. The Hall–Kier alpha value is -1.06. The van der Waals surface area contributed by atoms with Gasteiger partial charge in [-0.1, -0.05) is 0 Å². The lowest BCUT2D eigenvalue weighted by molar-refractivity contribution is -0.137. The summed E-state index contributed by atoms with van der Waals surface area (Å²) < 4.78 is 8.48. The minimum atomic E-state index is -0.479. The molecule has 4 heteroatoms. The van der Waals surface area contributed by atoms with Crippen LogP contribution in [0.2, 0.25) is 0 Å². The molecule has 0 aliphatic carbocycles. The Bertz CT molecular complexity index is 91.0. The summed E-state index contributed by atoms with van der Waals surface area (Å²) in [6.45, 7) is 3.22. The average Bonchev–Trinajstić information content (AvgIpc) is 1.85. The van der Waals surface area contributed by atoms with Crippen LogP contribution in [0.5, 0.6) is 0 Å². The van der Waals surface area contributed by atoms with Crippen molar-refractivity contribution in [1.82, 2.24) is 0 Å². The summed E-state index contributed by atoms with van der Waals surface area (Å²) in [4.78, 5) is 19.1. The molecule has 0 aromatic heterocycles. The van der Waals surface area contributed by atoms with Crippen molar-refractivity contribution in [1.29, 1.82) is 0 Å². The maximum atomic E-state index is 9.59. The number of ether oxygens (including phenoxy) is 2. The molecular weight excluding hydrogens is 124 g/mol. The topological polar surface area (TPSA) is 52.6 Å². The van der Waals surface area contributed by atoms with E-state index in [-0.39, 0.29) is 12.9 Å². The van der Waals surface area contributed by atoms with E-state index in [0.29, 0.717) is 0 Å². The summed E-state index contributed by atoms with van der Waals surface area (Å²) in [6.07, 6.45) is -0.479. The fourth-order valence-corrected chi connectivity index (χ4v) is 0.262. The molecule has 0 saturated heterocycles. The Labute approximate surface area is 52.7 Å². The minimum Gasteiger partial charge on any atom is -0.461 e. The first-order valence-corrected chi connectivity index (χ1v) is 2.32. The van der Waals surface area contributed by atoms with Gasteiger partial charge in [0.2, 0.25) is 0 Å². The highest BCUT2D eigenvalue weighted by atomic mass is 16.6. The van der Waals surface area contributed by atoms with Gasteiger partial charge in [0.1, 0.15) is 6.10 Å². The highest BCUT2D eigenvalue weighted by Gasteiger charge is 2.00. The molecule has 51 valence electrons. The van der Waals surface area contributed by atoms with Crippen molar-refractivity contribution < 1.29 is 19.1 Å². The van der Waals surface area contributed by atoms with Crippen LogP contribution >= 0.6 is 0 Å². The van der Waals surface area contributed by atoms with E-state index >= 15 is 0 Å². The SMILES string of the molecule is CC([CH]OC=O)OC=O. The van der Waals surface area contributed by atoms with Crippen LogP contribution in [-0.2, 0) is 19.1 Å². The molecule has 0 aromatic carbocycles. The van der Waals surface area contributed by atoms with Crippen LogP contribution in [0.25, 0.3) is 0 Å². The Morgan fingerprint density at radius 1 is 1.33 bits per heavy atom. The van der Waals surface area contributed by atoms with Crippen LogP contribution in [0.3, 0.4) is 0 Å². The largest absolute Gasteiger partial charge is 0.461 e. The van der Waals surface area contributed by atoms with E-state index in [9.17, 15) is 9.59 Å². The molecule has 0 aromatic rings. The summed E-state index contributed by atoms with van der Waals surface area (Å²) in [7, 11) is 0. The molecule has 0 spiro atoms. The van der Waals surface area contributed by atoms with Crippen molar-refractivity contribution in [3.63, 3.8) is 0 Å². The number of rotatable bonds is 5. The van der Waals surface area contributed by atoms with Gasteiger partial charge in [0.25, 0.3) is 12.9 Å². The lowest BCUT2D eigenvalue weighted by Gasteiger charge is -2.04. The summed E-state index contributed by atoms with van der Waals surface area (Å²) in [5.74, 6) is 0. The van der Waals surface area contributed by atoms with Crippen molar-refractivity contribution in [2.24, 2.45) is 0 Å². The lowest BCUT2D eigenvalue weighted by atomic mass is 10.4. The van der Waals surface area contributed by atoms with Gasteiger partial charge in [-0.2, -0.15) is 0 Å². The van der Waals surface area contributed by atoms with Crippen LogP contribution in [0, 0.1) is 6.61 Å². The van der Waals surface area contributed by atoms with E-state index < -0.39 is 6.10 Å². The van der Waals surface area contributed by atoms with E-state index in [1.54, 1.807) is 6.92 Å². The smallest absolute Gasteiger partial charge is 0.293 e. The molecule has 0 heterocycles. The van der Waals surface area contributed by atoms with Crippen molar-refractivity contribution in [3.05, 3.63) is 6.61 Å². The van der Waals surface area contributed by atoms with Gasteiger partial charge in [-0.05, 0) is 6.92 Å². The lowest BCUT2D eigenvalue weighted by Crippen LogP contribution is -2.08. The third kappa shape index (κ3) is 4.80. The maximum absolute atomic E-state index is 9.59. The molecule has 0 aliphatic rings. The fourth-order valence-electron chi connectivity index (χ4n) is 0.262. The van der Waals surface area contributed by atoms with E-state index in [0.717, 1.165) is 6.61 Å². The molecule has 0 bridgehead atoms. The van der Waals surface area contributed by atoms with Gasteiger partial charge in [0.15, 0.2) is 6.61 Å². The normalized spacial score (nSPS) is 11.7. The van der Waals surface area contributed by atoms with Crippen molar-refractivity contribution >= 4 is 12.9 Å². The third-order valence-electron chi connectivity index (χ3n) is 0.596. The van der Waals surface area contributed by atoms with Crippen LogP contribution in [-0.4, -0.2) is 19.0 Å². The van der Waals surface area contributed by atoms with E-state index in [2.05, 4.69) is 9.47 Å². The molecule has 0 saturated carbocycles. The molecule has 4 nitrogen and oxygen atoms in total. The quantitative estimate of drug-likeness (QED) is 0.488. The molecule has 0 rings (SSSR count). The standard InChI is InChI=1S/C5H7O4/c1-5(9-4-7)2-8-3-6/h2-5H,1H3. The van der Waals surface area contributed by atoms with Gasteiger partial charge < -0.3 is 9.47 Å². The first-order valence-electron chi connectivity index (χ1n) is 2.32. The van der Waals surface area contributed by atoms with Gasteiger partial charge in [0, 0.05) is 0 Å². The molecule has 0 aliphatic heterocycles. The van der Waals surface area contributed by atoms with Crippen LogP contribution in [0.15, 0.2) is 0 Å². The van der Waals surface area contributed by atoms with Gasteiger partial charge in [-0.15, -0.1) is 0 Å². The Kier molecular flexibility index (Phi) is 4.49. The van der Waals surface area contributed by atoms with Gasteiger partial charge in [-0.3, -0.25) is 9.59 Å². The minimum absolute atomic E-state index is 0.255. The number of hydrogen-bond acceptors (Lipinski definition) is 4. The summed E-state index contributed by atoms with van der Waals surface area (Å²) >= 11 is 0. The monoisotopic (exact) mass is 131 g/mol. The van der Waals surface area contributed by atoms with Crippen molar-refractivity contribution in [2.45, 2.75) is 13.0 Å². The van der Waals surface area contributed by atoms with Crippen LogP contribution < -0.4 is 0 Å². The van der Waals surface area contributed by atoms with Crippen molar-refractivity contribution in [2.75, 3.05) is 0 Å². The Morgan fingerprint density at radius 3 is 2.44 bits per heavy atom. The average molecular weight is 131 g/mol. The third-order valence-corrected chi connectivity index (χ3v) is 0.596. The number of hydrogen-bond donors (Lipinski definition) is 0. The zero-order valence-corrected chi connectivity index (χ0v) is 4.94. The number of carbonyl (C=O) groups is 2. The number of carbonyl (C=O) groups excluding carboxylic acids is 2. The molecular formula is C5H7O4. The highest BCUT2D eigenvalue weighted by molar-refractivity contribution is 5.39. The predicted octanol–water partition coefficient (Wildman–Crippen LogP) is -0.117. The van der Waals surface area contributed by atoms with Gasteiger partial charge in [0.05, 0.1) is 0 Å². The van der Waals surface area contributed by atoms with Crippen LogP contribution in [0.1, 0.15) is 6.92 Å². The van der Waals surface area contributed by atoms with Gasteiger partial charge >= 0.3 is 0 Å². The molecule has 1 radical (unpaired) electrons. The van der Waals surface area contributed by atoms with E-state index in [1.165, 1.54) is 0 Å². The summed E-state index contributed by atoms with van der Waals surface area (Å²) in [5.41, 5.74) is 0. The van der Waals surface area contributed by atoms with Crippen molar-refractivity contribution in [3.8, 4) is 0 Å². The molecule has 0 amide bonds. The highest BCUT2D eigenvalue weighted by Crippen LogP contribution is 1.92. The van der Waals surface area contributed by atoms with E-state index in [1.807, 2.05) is 0 Å². The summed E-state index contributed by atoms with van der Waals surface area (Å²) in [5, 5.41) is 0.